The Morgan fingerprint density at radius 2 is 1.17 bits per heavy atom. The van der Waals surface area contributed by atoms with Gasteiger partial charge in [-0.3, -0.25) is 19.8 Å². The van der Waals surface area contributed by atoms with Crippen LogP contribution in [0.4, 0.5) is 5.82 Å². The van der Waals surface area contributed by atoms with Crippen molar-refractivity contribution in [1.29, 1.82) is 0 Å². The fraction of sp³-hybridized carbons (Fsp3) is 0.333. The van der Waals surface area contributed by atoms with Gasteiger partial charge in [0, 0.05) is 75.6 Å². The first kappa shape index (κ1) is 29.2. The van der Waals surface area contributed by atoms with E-state index in [2.05, 4.69) is 19.8 Å². The first-order valence-corrected chi connectivity index (χ1v) is 14.7. The SMILES string of the molecule is CN(C)c1nc(-c2cccc(-c3cccc(-c4cnc(CN5CC(O)C5)c(Cl)n4)c3Cl)c2Cl)cnc1CN1CC(O)C1. The number of halogens is 3. The van der Waals surface area contributed by atoms with Gasteiger partial charge in [0.25, 0.3) is 0 Å². The maximum atomic E-state index is 9.66. The van der Waals surface area contributed by atoms with Crippen LogP contribution in [0.2, 0.25) is 15.2 Å². The standard InChI is InChI=1S/C30H30Cl3N7O2/c1-38(2)30-26(16-40-13-18(42)14-40)35-10-24(37-30)22-8-4-6-20(28(22)32)19-5-3-7-21(27(19)31)23-9-34-25(29(33)36-23)15-39-11-17(41)12-39/h3-10,17-18,41-42H,11-16H2,1-2H3. The minimum absolute atomic E-state index is 0.277. The van der Waals surface area contributed by atoms with Crippen LogP contribution < -0.4 is 4.90 Å². The van der Waals surface area contributed by atoms with Gasteiger partial charge < -0.3 is 15.1 Å². The van der Waals surface area contributed by atoms with Crippen molar-refractivity contribution in [2.45, 2.75) is 25.3 Å². The lowest BCUT2D eigenvalue weighted by molar-refractivity contribution is -0.00375. The Morgan fingerprint density at radius 1 is 0.714 bits per heavy atom. The molecule has 2 fully saturated rings. The van der Waals surface area contributed by atoms with E-state index in [9.17, 15) is 10.2 Å². The summed E-state index contributed by atoms with van der Waals surface area (Å²) in [5, 5.41) is 20.5. The number of likely N-dealkylation sites (tertiary alicyclic amines) is 2. The topological polar surface area (TPSA) is 102 Å². The van der Waals surface area contributed by atoms with Crippen LogP contribution in [0.1, 0.15) is 11.4 Å². The second kappa shape index (κ2) is 12.0. The molecule has 4 aromatic rings. The quantitative estimate of drug-likeness (QED) is 0.290. The predicted octanol–water partition coefficient (Wildman–Crippen LogP) is 4.65. The van der Waals surface area contributed by atoms with E-state index >= 15 is 0 Å². The molecule has 0 unspecified atom stereocenters. The Kier molecular flexibility index (Phi) is 8.35. The molecular weight excluding hydrogens is 597 g/mol. The van der Waals surface area contributed by atoms with Crippen molar-refractivity contribution in [3.63, 3.8) is 0 Å². The van der Waals surface area contributed by atoms with Gasteiger partial charge in [-0.1, -0.05) is 71.2 Å². The molecule has 2 aromatic carbocycles. The molecule has 0 radical (unpaired) electrons. The van der Waals surface area contributed by atoms with E-state index in [1.807, 2.05) is 55.4 Å². The third-order valence-corrected chi connectivity index (χ3v) is 8.63. The number of hydrogen-bond donors (Lipinski definition) is 2. The Balaban J connectivity index is 1.31. The molecule has 2 aromatic heterocycles. The van der Waals surface area contributed by atoms with E-state index in [1.165, 1.54) is 0 Å². The maximum Gasteiger partial charge on any atom is 0.152 e. The average molecular weight is 627 g/mol. The normalized spacial score (nSPS) is 16.4. The summed E-state index contributed by atoms with van der Waals surface area (Å²) in [6.45, 7) is 3.61. The lowest BCUT2D eigenvalue weighted by Gasteiger charge is -2.36. The molecule has 2 N–H and O–H groups in total. The summed E-state index contributed by atoms with van der Waals surface area (Å²) in [6, 6.07) is 11.4. The largest absolute Gasteiger partial charge is 0.390 e. The number of rotatable bonds is 8. The molecule has 0 amide bonds. The molecule has 2 aliphatic heterocycles. The Bertz CT molecular complexity index is 1630. The van der Waals surface area contributed by atoms with Crippen LogP contribution in [0.3, 0.4) is 0 Å². The first-order valence-electron chi connectivity index (χ1n) is 13.6. The van der Waals surface area contributed by atoms with E-state index in [-0.39, 0.29) is 12.2 Å². The number of aliphatic hydroxyl groups excluding tert-OH is 2. The zero-order valence-electron chi connectivity index (χ0n) is 23.2. The number of aliphatic hydroxyl groups is 2. The summed E-state index contributed by atoms with van der Waals surface area (Å²) >= 11 is 20.5. The van der Waals surface area contributed by atoms with Crippen molar-refractivity contribution in [2.75, 3.05) is 45.2 Å². The van der Waals surface area contributed by atoms with Gasteiger partial charge >= 0.3 is 0 Å². The van der Waals surface area contributed by atoms with E-state index in [0.29, 0.717) is 77.1 Å². The van der Waals surface area contributed by atoms with Gasteiger partial charge in [-0.15, -0.1) is 0 Å². The molecule has 0 bridgehead atoms. The van der Waals surface area contributed by atoms with Crippen LogP contribution in [-0.4, -0.2) is 92.4 Å². The van der Waals surface area contributed by atoms with Crippen LogP contribution >= 0.6 is 34.8 Å². The van der Waals surface area contributed by atoms with Gasteiger partial charge in [0.2, 0.25) is 0 Å². The molecule has 0 aliphatic carbocycles. The predicted molar refractivity (Wildman–Crippen MR) is 166 cm³/mol. The Labute approximate surface area is 259 Å². The van der Waals surface area contributed by atoms with Gasteiger partial charge in [0.1, 0.15) is 0 Å². The first-order chi connectivity index (χ1) is 20.2. The van der Waals surface area contributed by atoms with Crippen LogP contribution in [-0.2, 0) is 13.1 Å². The van der Waals surface area contributed by atoms with Crippen molar-refractivity contribution in [3.05, 3.63) is 75.4 Å². The summed E-state index contributed by atoms with van der Waals surface area (Å²) in [4.78, 5) is 24.9. The number of anilines is 1. The van der Waals surface area contributed by atoms with Gasteiger partial charge in [0.15, 0.2) is 11.0 Å². The lowest BCUT2D eigenvalue weighted by Crippen LogP contribution is -2.50. The highest BCUT2D eigenvalue weighted by Crippen LogP contribution is 2.42. The number of β-amino-alcohol motifs (C(OH)–C–C–N with tert-alkyl or cyclic N) is 2. The van der Waals surface area contributed by atoms with Crippen molar-refractivity contribution >= 4 is 40.6 Å². The highest BCUT2D eigenvalue weighted by molar-refractivity contribution is 6.39. The average Bonchev–Trinajstić information content (AvgIpc) is 2.93. The molecule has 218 valence electrons. The third-order valence-electron chi connectivity index (χ3n) is 7.51. The van der Waals surface area contributed by atoms with Crippen molar-refractivity contribution in [3.8, 4) is 33.6 Å². The summed E-state index contributed by atoms with van der Waals surface area (Å²) in [5.74, 6) is 0.750. The van der Waals surface area contributed by atoms with Crippen molar-refractivity contribution < 1.29 is 10.2 Å². The van der Waals surface area contributed by atoms with Crippen LogP contribution in [0, 0.1) is 0 Å². The highest BCUT2D eigenvalue weighted by atomic mass is 35.5. The van der Waals surface area contributed by atoms with Gasteiger partial charge in [-0.25, -0.2) is 9.97 Å². The fourth-order valence-electron chi connectivity index (χ4n) is 5.27. The highest BCUT2D eigenvalue weighted by Gasteiger charge is 2.27. The molecule has 2 saturated heterocycles. The summed E-state index contributed by atoms with van der Waals surface area (Å²) < 4.78 is 0. The molecule has 0 atom stereocenters. The zero-order chi connectivity index (χ0) is 29.5. The summed E-state index contributed by atoms with van der Waals surface area (Å²) in [5.41, 5.74) is 5.61. The number of hydrogen-bond acceptors (Lipinski definition) is 9. The zero-order valence-corrected chi connectivity index (χ0v) is 25.4. The summed E-state index contributed by atoms with van der Waals surface area (Å²) in [6.07, 6.45) is 2.83. The monoisotopic (exact) mass is 625 g/mol. The molecule has 9 nitrogen and oxygen atoms in total. The van der Waals surface area contributed by atoms with Gasteiger partial charge in [-0.2, -0.15) is 0 Å². The fourth-order valence-corrected chi connectivity index (χ4v) is 6.12. The van der Waals surface area contributed by atoms with Crippen molar-refractivity contribution in [1.82, 2.24) is 29.7 Å². The Hall–Kier alpha value is -2.89. The van der Waals surface area contributed by atoms with Crippen molar-refractivity contribution in [2.24, 2.45) is 0 Å². The van der Waals surface area contributed by atoms with Gasteiger partial charge in [0.05, 0.1) is 57.4 Å². The van der Waals surface area contributed by atoms with E-state index in [0.717, 1.165) is 28.2 Å². The molecule has 4 heterocycles. The minimum atomic E-state index is -0.296. The molecule has 12 heteroatoms. The van der Waals surface area contributed by atoms with E-state index in [1.54, 1.807) is 12.4 Å². The molecular formula is C30H30Cl3N7O2. The summed E-state index contributed by atoms with van der Waals surface area (Å²) in [7, 11) is 3.87. The number of benzene rings is 2. The van der Waals surface area contributed by atoms with Crippen LogP contribution in [0.15, 0.2) is 48.8 Å². The smallest absolute Gasteiger partial charge is 0.152 e. The van der Waals surface area contributed by atoms with Gasteiger partial charge in [-0.05, 0) is 0 Å². The molecule has 0 saturated carbocycles. The second-order valence-electron chi connectivity index (χ2n) is 10.9. The second-order valence-corrected chi connectivity index (χ2v) is 12.1. The number of aromatic nitrogens is 4. The Morgan fingerprint density at radius 3 is 1.64 bits per heavy atom. The van der Waals surface area contributed by atoms with Crippen LogP contribution in [0.25, 0.3) is 33.6 Å². The van der Waals surface area contributed by atoms with Crippen LogP contribution in [0.5, 0.6) is 0 Å². The lowest BCUT2D eigenvalue weighted by atomic mass is 9.98. The molecule has 6 rings (SSSR count). The third kappa shape index (κ3) is 5.83. The minimum Gasteiger partial charge on any atom is -0.390 e. The van der Waals surface area contributed by atoms with E-state index in [4.69, 9.17) is 44.8 Å². The maximum absolute atomic E-state index is 9.66. The number of nitrogens with zero attached hydrogens (tertiary/aromatic N) is 7. The molecule has 2 aliphatic rings. The van der Waals surface area contributed by atoms with E-state index < -0.39 is 0 Å². The molecule has 42 heavy (non-hydrogen) atoms. The molecule has 0 spiro atoms.